The summed E-state index contributed by atoms with van der Waals surface area (Å²) < 4.78 is 11.4. The van der Waals surface area contributed by atoms with Crippen LogP contribution in [0.1, 0.15) is 37.3 Å². The summed E-state index contributed by atoms with van der Waals surface area (Å²) in [6.45, 7) is 3.33. The van der Waals surface area contributed by atoms with Crippen LogP contribution in [0, 0.1) is 0 Å². The lowest BCUT2D eigenvalue weighted by molar-refractivity contribution is -0.116. The van der Waals surface area contributed by atoms with Crippen molar-refractivity contribution in [2.24, 2.45) is 0 Å². The molecule has 0 radical (unpaired) electrons. The maximum atomic E-state index is 12.1. The van der Waals surface area contributed by atoms with Crippen LogP contribution in [-0.2, 0) is 11.2 Å². The van der Waals surface area contributed by atoms with Gasteiger partial charge in [0.15, 0.2) is 11.3 Å². The normalized spacial score (nSPS) is 11.2. The zero-order valence-electron chi connectivity index (χ0n) is 16.7. The molecule has 2 N–H and O–H groups in total. The number of unbranched alkanes of at least 4 members (excludes halogenated alkanes) is 2. The summed E-state index contributed by atoms with van der Waals surface area (Å²) in [6.07, 6.45) is 8.93. The van der Waals surface area contributed by atoms with Crippen LogP contribution in [0.15, 0.2) is 59.2 Å². The second-order valence-corrected chi connectivity index (χ2v) is 6.95. The summed E-state index contributed by atoms with van der Waals surface area (Å²) >= 11 is 0. The Balaban J connectivity index is 1.57. The Kier molecular flexibility index (Phi) is 7.34. The quantitative estimate of drug-likeness (QED) is 0.372. The standard InChI is InChI=1S/C24H27NO4/c1-2-3-4-14-28-22-17-19(16-20-12-15-29-24(20)22)7-10-23(27)25-13-11-18-5-8-21(26)9-6-18/h5-10,12,15-17,26H,2-4,11,13-14H2,1H3,(H,25,27). The molecular weight excluding hydrogens is 366 g/mol. The summed E-state index contributed by atoms with van der Waals surface area (Å²) in [7, 11) is 0. The smallest absolute Gasteiger partial charge is 0.244 e. The Labute approximate surface area is 171 Å². The number of aromatic hydroxyl groups is 1. The molecule has 0 fully saturated rings. The van der Waals surface area contributed by atoms with Crippen LogP contribution in [0.2, 0.25) is 0 Å². The molecule has 0 aliphatic carbocycles. The highest BCUT2D eigenvalue weighted by molar-refractivity contribution is 5.93. The molecule has 3 aromatic rings. The molecule has 1 aromatic heterocycles. The maximum absolute atomic E-state index is 12.1. The highest BCUT2D eigenvalue weighted by atomic mass is 16.5. The Hall–Kier alpha value is -3.21. The van der Waals surface area contributed by atoms with E-state index >= 15 is 0 Å². The SMILES string of the molecule is CCCCCOc1cc(C=CC(=O)NCCc2ccc(O)cc2)cc2ccoc12. The maximum Gasteiger partial charge on any atom is 0.244 e. The molecule has 3 rings (SSSR count). The van der Waals surface area contributed by atoms with Gasteiger partial charge in [-0.15, -0.1) is 0 Å². The number of benzene rings is 2. The molecule has 5 nitrogen and oxygen atoms in total. The van der Waals surface area contributed by atoms with Crippen LogP contribution < -0.4 is 10.1 Å². The number of hydrogen-bond acceptors (Lipinski definition) is 4. The van der Waals surface area contributed by atoms with Crippen molar-refractivity contribution in [1.29, 1.82) is 0 Å². The van der Waals surface area contributed by atoms with Gasteiger partial charge in [-0.25, -0.2) is 0 Å². The second-order valence-electron chi connectivity index (χ2n) is 6.95. The lowest BCUT2D eigenvalue weighted by Gasteiger charge is -2.07. The number of phenolic OH excluding ortho intramolecular Hbond substituents is 1. The summed E-state index contributed by atoms with van der Waals surface area (Å²) in [5, 5.41) is 13.1. The molecule has 0 atom stereocenters. The number of carbonyl (C=O) groups is 1. The van der Waals surface area contributed by atoms with Gasteiger partial charge in [0.1, 0.15) is 5.75 Å². The summed E-state index contributed by atoms with van der Waals surface area (Å²) in [5.74, 6) is 0.793. The van der Waals surface area contributed by atoms with E-state index in [2.05, 4.69) is 12.2 Å². The van der Waals surface area contributed by atoms with Gasteiger partial charge < -0.3 is 19.6 Å². The van der Waals surface area contributed by atoms with E-state index in [9.17, 15) is 9.90 Å². The fourth-order valence-corrected chi connectivity index (χ4v) is 3.03. The molecule has 0 saturated heterocycles. The molecule has 0 spiro atoms. The molecule has 0 aliphatic heterocycles. The van der Waals surface area contributed by atoms with E-state index in [1.165, 1.54) is 6.08 Å². The summed E-state index contributed by atoms with van der Waals surface area (Å²) in [6, 6.07) is 12.7. The van der Waals surface area contributed by atoms with Gasteiger partial charge in [0, 0.05) is 18.0 Å². The van der Waals surface area contributed by atoms with Crippen LogP contribution in [0.3, 0.4) is 0 Å². The van der Waals surface area contributed by atoms with Crippen molar-refractivity contribution < 1.29 is 19.1 Å². The van der Waals surface area contributed by atoms with Gasteiger partial charge in [0.25, 0.3) is 0 Å². The molecule has 0 unspecified atom stereocenters. The third-order valence-electron chi connectivity index (χ3n) is 4.62. The van der Waals surface area contributed by atoms with Crippen molar-refractivity contribution in [3.8, 4) is 11.5 Å². The largest absolute Gasteiger partial charge is 0.508 e. The number of carbonyl (C=O) groups excluding carboxylic acids is 1. The average molecular weight is 393 g/mol. The molecule has 0 aliphatic rings. The Morgan fingerprint density at radius 3 is 2.79 bits per heavy atom. The van der Waals surface area contributed by atoms with Gasteiger partial charge in [-0.05, 0) is 60.4 Å². The third kappa shape index (κ3) is 6.14. The molecule has 0 saturated carbocycles. The van der Waals surface area contributed by atoms with E-state index < -0.39 is 0 Å². The van der Waals surface area contributed by atoms with E-state index in [0.29, 0.717) is 25.3 Å². The van der Waals surface area contributed by atoms with Gasteiger partial charge in [-0.1, -0.05) is 31.9 Å². The van der Waals surface area contributed by atoms with Crippen molar-refractivity contribution in [3.63, 3.8) is 0 Å². The van der Waals surface area contributed by atoms with E-state index in [-0.39, 0.29) is 11.7 Å². The van der Waals surface area contributed by atoms with E-state index in [0.717, 1.165) is 41.4 Å². The number of phenols is 1. The lowest BCUT2D eigenvalue weighted by Crippen LogP contribution is -2.23. The zero-order chi connectivity index (χ0) is 20.5. The number of nitrogens with one attached hydrogen (secondary N) is 1. The fourth-order valence-electron chi connectivity index (χ4n) is 3.03. The van der Waals surface area contributed by atoms with Crippen molar-refractivity contribution in [2.45, 2.75) is 32.6 Å². The summed E-state index contributed by atoms with van der Waals surface area (Å²) in [5.41, 5.74) is 2.68. The summed E-state index contributed by atoms with van der Waals surface area (Å²) in [4.78, 5) is 12.1. The topological polar surface area (TPSA) is 71.7 Å². The molecule has 29 heavy (non-hydrogen) atoms. The first-order chi connectivity index (χ1) is 14.2. The Bertz CT molecular complexity index is 957. The van der Waals surface area contributed by atoms with Crippen LogP contribution >= 0.6 is 0 Å². The van der Waals surface area contributed by atoms with Gasteiger partial charge in [0.05, 0.1) is 12.9 Å². The van der Waals surface area contributed by atoms with Crippen LogP contribution in [0.5, 0.6) is 11.5 Å². The highest BCUT2D eigenvalue weighted by Gasteiger charge is 2.08. The average Bonchev–Trinajstić information content (AvgIpc) is 3.20. The van der Waals surface area contributed by atoms with Gasteiger partial charge in [-0.2, -0.15) is 0 Å². The van der Waals surface area contributed by atoms with E-state index in [1.807, 2.05) is 30.3 Å². The minimum Gasteiger partial charge on any atom is -0.508 e. The molecule has 152 valence electrons. The van der Waals surface area contributed by atoms with Gasteiger partial charge in [-0.3, -0.25) is 4.79 Å². The third-order valence-corrected chi connectivity index (χ3v) is 4.62. The monoisotopic (exact) mass is 393 g/mol. The fraction of sp³-hybridized carbons (Fsp3) is 0.292. The number of ether oxygens (including phenoxy) is 1. The van der Waals surface area contributed by atoms with Crippen molar-refractivity contribution in [2.75, 3.05) is 13.2 Å². The van der Waals surface area contributed by atoms with Gasteiger partial charge >= 0.3 is 0 Å². The molecular formula is C24H27NO4. The first kappa shape index (κ1) is 20.5. The van der Waals surface area contributed by atoms with Gasteiger partial charge in [0.2, 0.25) is 5.91 Å². The minimum absolute atomic E-state index is 0.151. The van der Waals surface area contributed by atoms with Crippen LogP contribution in [0.4, 0.5) is 0 Å². The molecule has 0 bridgehead atoms. The van der Waals surface area contributed by atoms with Crippen molar-refractivity contribution >= 4 is 23.0 Å². The predicted molar refractivity (Wildman–Crippen MR) is 115 cm³/mol. The number of fused-ring (bicyclic) bond motifs is 1. The first-order valence-electron chi connectivity index (χ1n) is 10.0. The molecule has 1 amide bonds. The highest BCUT2D eigenvalue weighted by Crippen LogP contribution is 2.29. The van der Waals surface area contributed by atoms with E-state index in [4.69, 9.17) is 9.15 Å². The lowest BCUT2D eigenvalue weighted by atomic mass is 10.1. The minimum atomic E-state index is -0.151. The van der Waals surface area contributed by atoms with Crippen molar-refractivity contribution in [1.82, 2.24) is 5.32 Å². The Morgan fingerprint density at radius 2 is 2.00 bits per heavy atom. The molecule has 5 heteroatoms. The van der Waals surface area contributed by atoms with E-state index in [1.54, 1.807) is 24.5 Å². The Morgan fingerprint density at radius 1 is 1.17 bits per heavy atom. The number of amides is 1. The van der Waals surface area contributed by atoms with Crippen LogP contribution in [-0.4, -0.2) is 24.2 Å². The number of furan rings is 1. The predicted octanol–water partition coefficient (Wildman–Crippen LogP) is 5.08. The zero-order valence-corrected chi connectivity index (χ0v) is 16.7. The van der Waals surface area contributed by atoms with Crippen LogP contribution in [0.25, 0.3) is 17.0 Å². The number of rotatable bonds is 10. The van der Waals surface area contributed by atoms with Crippen molar-refractivity contribution in [3.05, 3.63) is 65.9 Å². The molecule has 1 heterocycles. The first-order valence-corrected chi connectivity index (χ1v) is 10.0. The number of hydrogen-bond donors (Lipinski definition) is 2. The molecule has 2 aromatic carbocycles. The second kappa shape index (κ2) is 10.4.